The van der Waals surface area contributed by atoms with Crippen LogP contribution in [0, 0.1) is 0 Å². The van der Waals surface area contributed by atoms with Crippen LogP contribution in [-0.2, 0) is 21.5 Å². The number of rotatable bonds is 5. The first-order chi connectivity index (χ1) is 18.6. The maximum atomic E-state index is 13.7. The van der Waals surface area contributed by atoms with E-state index in [4.69, 9.17) is 0 Å². The summed E-state index contributed by atoms with van der Waals surface area (Å²) in [6, 6.07) is 8.99. The standard InChI is InChI=1S/C30H36N6O3/c1-29(2)20-34(26(37)19-32-14-15-33-13-5-6-23(33)18-32)25-16-22(7-8-24(25)29)36-27(38)30(3,4)35(28(36)39)17-21-9-11-31-12-10-21/h6-12,16H,5,13-15,17-20H2,1-4H3. The van der Waals surface area contributed by atoms with Crippen LogP contribution in [0.2, 0.25) is 0 Å². The number of amides is 4. The number of benzene rings is 1. The Morgan fingerprint density at radius 3 is 2.54 bits per heavy atom. The summed E-state index contributed by atoms with van der Waals surface area (Å²) in [5.74, 6) is -0.232. The molecular formula is C30H36N6O3. The fourth-order valence-electron chi connectivity index (χ4n) is 6.30. The van der Waals surface area contributed by atoms with E-state index in [0.717, 1.165) is 49.4 Å². The first-order valence-corrected chi connectivity index (χ1v) is 13.7. The Kier molecular flexibility index (Phi) is 6.02. The van der Waals surface area contributed by atoms with Gasteiger partial charge in [-0.2, -0.15) is 0 Å². The zero-order valence-electron chi connectivity index (χ0n) is 23.2. The Balaban J connectivity index is 1.26. The second-order valence-corrected chi connectivity index (χ2v) is 12.2. The predicted octanol–water partition coefficient (Wildman–Crippen LogP) is 3.36. The lowest BCUT2D eigenvalue weighted by molar-refractivity contribution is -0.123. The number of urea groups is 1. The van der Waals surface area contributed by atoms with Gasteiger partial charge in [0.15, 0.2) is 0 Å². The highest BCUT2D eigenvalue weighted by Crippen LogP contribution is 2.44. The average Bonchev–Trinajstić information content (AvgIpc) is 3.53. The third-order valence-corrected chi connectivity index (χ3v) is 8.64. The zero-order valence-corrected chi connectivity index (χ0v) is 23.2. The lowest BCUT2D eigenvalue weighted by atomic mass is 9.87. The van der Waals surface area contributed by atoms with Crippen LogP contribution in [-0.4, -0.2) is 82.3 Å². The number of piperazine rings is 1. The number of imide groups is 1. The van der Waals surface area contributed by atoms with Crippen molar-refractivity contribution in [2.24, 2.45) is 0 Å². The minimum atomic E-state index is -1.01. The molecule has 0 N–H and O–H groups in total. The topological polar surface area (TPSA) is 80.3 Å². The van der Waals surface area contributed by atoms with Crippen LogP contribution in [0.3, 0.4) is 0 Å². The first kappa shape index (κ1) is 25.6. The molecule has 0 spiro atoms. The summed E-state index contributed by atoms with van der Waals surface area (Å²) in [6.45, 7) is 12.7. The molecule has 4 amide bonds. The molecule has 0 bridgehead atoms. The van der Waals surface area contributed by atoms with Gasteiger partial charge in [-0.25, -0.2) is 9.69 Å². The molecule has 2 aromatic rings. The predicted molar refractivity (Wildman–Crippen MR) is 149 cm³/mol. The highest BCUT2D eigenvalue weighted by molar-refractivity contribution is 6.23. The third kappa shape index (κ3) is 4.29. The van der Waals surface area contributed by atoms with E-state index in [1.54, 1.807) is 31.1 Å². The van der Waals surface area contributed by atoms with Gasteiger partial charge in [-0.05, 0) is 55.7 Å². The molecule has 6 rings (SSSR count). The quantitative estimate of drug-likeness (QED) is 0.554. The van der Waals surface area contributed by atoms with E-state index in [0.29, 0.717) is 25.3 Å². The van der Waals surface area contributed by atoms with Crippen molar-refractivity contribution in [3.05, 3.63) is 65.6 Å². The Bertz CT molecular complexity index is 1370. The molecule has 0 saturated carbocycles. The van der Waals surface area contributed by atoms with Crippen LogP contribution >= 0.6 is 0 Å². The lowest BCUT2D eigenvalue weighted by Gasteiger charge is -2.36. The molecule has 2 saturated heterocycles. The van der Waals surface area contributed by atoms with E-state index in [1.165, 1.54) is 10.6 Å². The molecule has 5 heterocycles. The van der Waals surface area contributed by atoms with Crippen molar-refractivity contribution in [3.8, 4) is 0 Å². The van der Waals surface area contributed by atoms with Crippen LogP contribution in [0.15, 0.2) is 54.5 Å². The van der Waals surface area contributed by atoms with Crippen LogP contribution in [0.4, 0.5) is 16.2 Å². The highest BCUT2D eigenvalue weighted by atomic mass is 16.2. The van der Waals surface area contributed by atoms with Gasteiger partial charge in [-0.3, -0.25) is 19.5 Å². The number of fused-ring (bicyclic) bond motifs is 2. The second-order valence-electron chi connectivity index (χ2n) is 12.2. The van der Waals surface area contributed by atoms with E-state index in [1.807, 2.05) is 35.2 Å². The molecule has 39 heavy (non-hydrogen) atoms. The summed E-state index contributed by atoms with van der Waals surface area (Å²) in [6.07, 6.45) is 6.72. The third-order valence-electron chi connectivity index (χ3n) is 8.64. The highest BCUT2D eigenvalue weighted by Gasteiger charge is 2.52. The second kappa shape index (κ2) is 9.19. The number of hydrogen-bond donors (Lipinski definition) is 0. The Morgan fingerprint density at radius 2 is 1.77 bits per heavy atom. The Labute approximate surface area is 229 Å². The number of nitrogens with zero attached hydrogens (tertiary/aromatic N) is 6. The van der Waals surface area contributed by atoms with Gasteiger partial charge in [0.2, 0.25) is 5.91 Å². The van der Waals surface area contributed by atoms with Gasteiger partial charge >= 0.3 is 6.03 Å². The zero-order chi connectivity index (χ0) is 27.5. The van der Waals surface area contributed by atoms with Crippen molar-refractivity contribution in [2.45, 2.75) is 51.6 Å². The molecule has 9 nitrogen and oxygen atoms in total. The fourth-order valence-corrected chi connectivity index (χ4v) is 6.30. The molecule has 4 aliphatic rings. The number of pyridine rings is 1. The molecule has 0 atom stereocenters. The Morgan fingerprint density at radius 1 is 1.00 bits per heavy atom. The monoisotopic (exact) mass is 528 g/mol. The maximum Gasteiger partial charge on any atom is 0.332 e. The molecule has 0 unspecified atom stereocenters. The molecule has 204 valence electrons. The Hall–Kier alpha value is -3.72. The van der Waals surface area contributed by atoms with Crippen molar-refractivity contribution >= 4 is 29.2 Å². The average molecular weight is 529 g/mol. The van der Waals surface area contributed by atoms with Gasteiger partial charge in [-0.15, -0.1) is 0 Å². The van der Waals surface area contributed by atoms with Crippen LogP contribution < -0.4 is 9.80 Å². The summed E-state index contributed by atoms with van der Waals surface area (Å²) in [4.78, 5) is 54.3. The molecule has 1 aromatic carbocycles. The first-order valence-electron chi connectivity index (χ1n) is 13.7. The van der Waals surface area contributed by atoms with Crippen LogP contribution in [0.1, 0.15) is 45.2 Å². The largest absolute Gasteiger partial charge is 0.372 e. The van der Waals surface area contributed by atoms with Crippen LogP contribution in [0.5, 0.6) is 0 Å². The normalized spacial score (nSPS) is 21.9. The van der Waals surface area contributed by atoms with Crippen molar-refractivity contribution < 1.29 is 14.4 Å². The van der Waals surface area contributed by atoms with E-state index in [2.05, 4.69) is 34.7 Å². The van der Waals surface area contributed by atoms with E-state index in [9.17, 15) is 14.4 Å². The van der Waals surface area contributed by atoms with Crippen LogP contribution in [0.25, 0.3) is 0 Å². The molecule has 0 aliphatic carbocycles. The summed E-state index contributed by atoms with van der Waals surface area (Å²) in [5.41, 5.74) is 3.32. The summed E-state index contributed by atoms with van der Waals surface area (Å²) in [7, 11) is 0. The van der Waals surface area contributed by atoms with Gasteiger partial charge in [0, 0.05) is 68.5 Å². The summed E-state index contributed by atoms with van der Waals surface area (Å²) < 4.78 is 0. The van der Waals surface area contributed by atoms with Gasteiger partial charge in [-0.1, -0.05) is 26.0 Å². The van der Waals surface area contributed by atoms with E-state index < -0.39 is 5.54 Å². The van der Waals surface area contributed by atoms with Gasteiger partial charge in [0.1, 0.15) is 5.54 Å². The molecule has 2 fully saturated rings. The minimum absolute atomic E-state index is 0.0461. The summed E-state index contributed by atoms with van der Waals surface area (Å²) in [5, 5.41) is 0. The van der Waals surface area contributed by atoms with Crippen molar-refractivity contribution in [3.63, 3.8) is 0 Å². The number of hydrogen-bond acceptors (Lipinski definition) is 6. The summed E-state index contributed by atoms with van der Waals surface area (Å²) >= 11 is 0. The van der Waals surface area contributed by atoms with Crippen molar-refractivity contribution in [1.82, 2.24) is 19.7 Å². The lowest BCUT2D eigenvalue weighted by Crippen LogP contribution is -2.48. The van der Waals surface area contributed by atoms with Gasteiger partial charge in [0.05, 0.1) is 12.2 Å². The van der Waals surface area contributed by atoms with Crippen molar-refractivity contribution in [2.75, 3.05) is 49.1 Å². The molecule has 1 aromatic heterocycles. The van der Waals surface area contributed by atoms with Gasteiger partial charge < -0.3 is 14.7 Å². The van der Waals surface area contributed by atoms with E-state index >= 15 is 0 Å². The van der Waals surface area contributed by atoms with Crippen molar-refractivity contribution in [1.29, 1.82) is 0 Å². The molecule has 0 radical (unpaired) electrons. The fraction of sp³-hybridized carbons (Fsp3) is 0.467. The number of aromatic nitrogens is 1. The molecular weight excluding hydrogens is 492 g/mol. The maximum absolute atomic E-state index is 13.7. The van der Waals surface area contributed by atoms with E-state index in [-0.39, 0.29) is 23.3 Å². The number of carbonyl (C=O) groups excluding carboxylic acids is 3. The SMILES string of the molecule is CC1(C)CN(C(=O)CN2CCN3CCC=C3C2)c2cc(N3C(=O)N(Cc4ccncc4)C(C)(C)C3=O)ccc21. The molecule has 9 heteroatoms. The minimum Gasteiger partial charge on any atom is -0.372 e. The van der Waals surface area contributed by atoms with Gasteiger partial charge in [0.25, 0.3) is 5.91 Å². The smallest absolute Gasteiger partial charge is 0.332 e. The number of anilines is 2. The number of carbonyl (C=O) groups is 3. The molecule has 4 aliphatic heterocycles.